The molecule has 30 heavy (non-hydrogen) atoms. The minimum atomic E-state index is -0.427. The topological polar surface area (TPSA) is 48.0 Å². The van der Waals surface area contributed by atoms with Crippen LogP contribution in [0.25, 0.3) is 32.9 Å². The highest BCUT2D eigenvalue weighted by Crippen LogP contribution is 2.34. The summed E-state index contributed by atoms with van der Waals surface area (Å²) in [5, 5.41) is 1.77. The van der Waals surface area contributed by atoms with Crippen LogP contribution in [0, 0.1) is 6.07 Å². The largest absolute Gasteiger partial charge is 0.366 e. The molecule has 3 nitrogen and oxygen atoms in total. The molecule has 5 aromatic rings. The standard InChI is InChI=1S/C26H18BrN2O/c27-20-12-9-17(10-13-20)16-29-23-8-4-7-22(26(28)30)25(23)21-14-11-19(15-24(21)29)18-5-2-1-3-6-18/h1-13,15H,16H2,(H2,28,30). The van der Waals surface area contributed by atoms with Gasteiger partial charge in [0, 0.05) is 27.4 Å². The average Bonchev–Trinajstić information content (AvgIpc) is 3.09. The van der Waals surface area contributed by atoms with E-state index in [1.54, 1.807) is 6.07 Å². The number of carbonyl (C=O) groups excluding carboxylic acids is 1. The zero-order valence-electron chi connectivity index (χ0n) is 16.1. The van der Waals surface area contributed by atoms with Crippen LogP contribution in [0.5, 0.6) is 0 Å². The van der Waals surface area contributed by atoms with E-state index in [0.29, 0.717) is 12.1 Å². The smallest absolute Gasteiger partial charge is 0.249 e. The first-order valence-electron chi connectivity index (χ1n) is 9.68. The quantitative estimate of drug-likeness (QED) is 0.347. The van der Waals surface area contributed by atoms with Crippen LogP contribution >= 0.6 is 15.9 Å². The molecule has 5 rings (SSSR count). The minimum absolute atomic E-state index is 0.427. The predicted molar refractivity (Wildman–Crippen MR) is 125 cm³/mol. The Morgan fingerprint density at radius 3 is 2.40 bits per heavy atom. The molecule has 1 radical (unpaired) electrons. The van der Waals surface area contributed by atoms with E-state index in [-0.39, 0.29) is 0 Å². The Labute approximate surface area is 182 Å². The SMILES string of the molecule is NC(=O)c1cccc2c1c1[c]cc(-c3ccccc3)cc1n2Cc1ccc(Br)cc1. The van der Waals surface area contributed by atoms with Crippen LogP contribution in [0.3, 0.4) is 0 Å². The fourth-order valence-electron chi connectivity index (χ4n) is 4.00. The third-order valence-corrected chi connectivity index (χ3v) is 5.95. The molecule has 0 aliphatic heterocycles. The number of hydrogen-bond donors (Lipinski definition) is 1. The highest BCUT2D eigenvalue weighted by atomic mass is 79.9. The predicted octanol–water partition coefficient (Wildman–Crippen LogP) is 6.17. The number of nitrogens with two attached hydrogens (primary N) is 1. The first kappa shape index (κ1) is 18.6. The van der Waals surface area contributed by atoms with Crippen LogP contribution in [0.2, 0.25) is 0 Å². The van der Waals surface area contributed by atoms with Gasteiger partial charge >= 0.3 is 0 Å². The van der Waals surface area contributed by atoms with Crippen molar-refractivity contribution in [2.75, 3.05) is 0 Å². The van der Waals surface area contributed by atoms with Crippen LogP contribution in [-0.4, -0.2) is 10.5 Å². The van der Waals surface area contributed by atoms with Crippen molar-refractivity contribution in [1.29, 1.82) is 0 Å². The monoisotopic (exact) mass is 453 g/mol. The lowest BCUT2D eigenvalue weighted by molar-refractivity contribution is 0.100. The first-order valence-corrected chi connectivity index (χ1v) is 10.5. The number of benzene rings is 4. The average molecular weight is 454 g/mol. The van der Waals surface area contributed by atoms with E-state index < -0.39 is 5.91 Å². The van der Waals surface area contributed by atoms with Gasteiger partial charge in [0.1, 0.15) is 0 Å². The van der Waals surface area contributed by atoms with E-state index in [0.717, 1.165) is 37.4 Å². The van der Waals surface area contributed by atoms with E-state index in [4.69, 9.17) is 5.73 Å². The maximum absolute atomic E-state index is 12.1. The second kappa shape index (κ2) is 7.47. The molecular formula is C26H18BrN2O. The Balaban J connectivity index is 1.80. The van der Waals surface area contributed by atoms with Gasteiger partial charge in [0.15, 0.2) is 0 Å². The summed E-state index contributed by atoms with van der Waals surface area (Å²) < 4.78 is 3.28. The van der Waals surface area contributed by atoms with Gasteiger partial charge < -0.3 is 10.3 Å². The van der Waals surface area contributed by atoms with Crippen molar-refractivity contribution < 1.29 is 4.79 Å². The van der Waals surface area contributed by atoms with Gasteiger partial charge in [-0.3, -0.25) is 4.79 Å². The third-order valence-electron chi connectivity index (χ3n) is 5.42. The summed E-state index contributed by atoms with van der Waals surface area (Å²) in [4.78, 5) is 12.1. The molecule has 1 amide bonds. The summed E-state index contributed by atoms with van der Waals surface area (Å²) >= 11 is 3.50. The maximum atomic E-state index is 12.1. The summed E-state index contributed by atoms with van der Waals surface area (Å²) in [6, 6.07) is 31.8. The molecule has 1 heterocycles. The fraction of sp³-hybridized carbons (Fsp3) is 0.0385. The minimum Gasteiger partial charge on any atom is -0.366 e. The normalized spacial score (nSPS) is 11.2. The van der Waals surface area contributed by atoms with Crippen molar-refractivity contribution in [2.24, 2.45) is 5.73 Å². The lowest BCUT2D eigenvalue weighted by atomic mass is 10.0. The zero-order valence-corrected chi connectivity index (χ0v) is 17.7. The number of primary amides is 1. The van der Waals surface area contributed by atoms with Crippen LogP contribution in [0.15, 0.2) is 89.4 Å². The molecule has 0 atom stereocenters. The lowest BCUT2D eigenvalue weighted by Crippen LogP contribution is -2.11. The van der Waals surface area contributed by atoms with Crippen molar-refractivity contribution in [3.8, 4) is 11.1 Å². The molecule has 0 saturated carbocycles. The summed E-state index contributed by atoms with van der Waals surface area (Å²) in [5.74, 6) is -0.427. The molecule has 4 aromatic carbocycles. The number of fused-ring (bicyclic) bond motifs is 3. The van der Waals surface area contributed by atoms with Crippen LogP contribution in [0.1, 0.15) is 15.9 Å². The zero-order chi connectivity index (χ0) is 20.7. The number of aromatic nitrogens is 1. The van der Waals surface area contributed by atoms with Gasteiger partial charge in [-0.25, -0.2) is 0 Å². The number of hydrogen-bond acceptors (Lipinski definition) is 1. The number of amides is 1. The van der Waals surface area contributed by atoms with Gasteiger partial charge in [-0.2, -0.15) is 0 Å². The van der Waals surface area contributed by atoms with E-state index in [1.807, 2.05) is 48.5 Å². The van der Waals surface area contributed by atoms with Crippen LogP contribution in [0.4, 0.5) is 0 Å². The van der Waals surface area contributed by atoms with Crippen LogP contribution in [-0.2, 0) is 6.54 Å². The van der Waals surface area contributed by atoms with Crippen molar-refractivity contribution in [3.63, 3.8) is 0 Å². The van der Waals surface area contributed by atoms with Gasteiger partial charge in [-0.1, -0.05) is 64.5 Å². The molecule has 0 unspecified atom stereocenters. The molecule has 4 heteroatoms. The van der Waals surface area contributed by atoms with Gasteiger partial charge in [0.05, 0.1) is 11.0 Å². The molecule has 0 aliphatic carbocycles. The molecule has 1 aromatic heterocycles. The van der Waals surface area contributed by atoms with Gasteiger partial charge in [0.25, 0.3) is 0 Å². The Hall–Kier alpha value is -3.37. The first-order chi connectivity index (χ1) is 14.6. The summed E-state index contributed by atoms with van der Waals surface area (Å²) in [7, 11) is 0. The molecule has 0 fully saturated rings. The van der Waals surface area contributed by atoms with E-state index in [1.165, 1.54) is 5.56 Å². The maximum Gasteiger partial charge on any atom is 0.249 e. The summed E-state index contributed by atoms with van der Waals surface area (Å²) in [6.45, 7) is 0.682. The number of nitrogens with zero attached hydrogens (tertiary/aromatic N) is 1. The lowest BCUT2D eigenvalue weighted by Gasteiger charge is -2.09. The Kier molecular flexibility index (Phi) is 4.64. The van der Waals surface area contributed by atoms with Gasteiger partial charge in [0.2, 0.25) is 5.91 Å². The van der Waals surface area contributed by atoms with E-state index in [2.05, 4.69) is 56.9 Å². The summed E-state index contributed by atoms with van der Waals surface area (Å²) in [5.41, 5.74) is 11.6. The molecular weight excluding hydrogens is 436 g/mol. The van der Waals surface area contributed by atoms with Gasteiger partial charge in [-0.05, 0) is 59.2 Å². The Morgan fingerprint density at radius 2 is 1.67 bits per heavy atom. The Bertz CT molecular complexity index is 1390. The number of rotatable bonds is 4. The molecule has 2 N–H and O–H groups in total. The van der Waals surface area contributed by atoms with E-state index in [9.17, 15) is 4.79 Å². The number of halogens is 1. The second-order valence-corrected chi connectivity index (χ2v) is 8.21. The molecule has 0 spiro atoms. The molecule has 0 aliphatic rings. The van der Waals surface area contributed by atoms with Crippen molar-refractivity contribution in [3.05, 3.63) is 107 Å². The molecule has 0 bridgehead atoms. The third kappa shape index (κ3) is 3.19. The van der Waals surface area contributed by atoms with Crippen molar-refractivity contribution in [2.45, 2.75) is 6.54 Å². The molecule has 145 valence electrons. The number of carbonyl (C=O) groups is 1. The second-order valence-electron chi connectivity index (χ2n) is 7.29. The van der Waals surface area contributed by atoms with E-state index >= 15 is 0 Å². The highest BCUT2D eigenvalue weighted by Gasteiger charge is 2.17. The van der Waals surface area contributed by atoms with Crippen LogP contribution < -0.4 is 5.73 Å². The van der Waals surface area contributed by atoms with Crippen molar-refractivity contribution >= 4 is 43.6 Å². The summed E-state index contributed by atoms with van der Waals surface area (Å²) in [6.07, 6.45) is 0. The fourth-order valence-corrected chi connectivity index (χ4v) is 4.27. The highest BCUT2D eigenvalue weighted by molar-refractivity contribution is 9.10. The van der Waals surface area contributed by atoms with Crippen molar-refractivity contribution in [1.82, 2.24) is 4.57 Å². The molecule has 0 saturated heterocycles. The van der Waals surface area contributed by atoms with Gasteiger partial charge in [-0.15, -0.1) is 0 Å². The Morgan fingerprint density at radius 1 is 0.900 bits per heavy atom.